The molecule has 0 aliphatic heterocycles. The van der Waals surface area contributed by atoms with E-state index in [9.17, 15) is 0 Å². The molecule has 4 bridgehead atoms. The van der Waals surface area contributed by atoms with Crippen LogP contribution in [-0.4, -0.2) is 10.9 Å². The third-order valence-corrected chi connectivity index (χ3v) is 7.69. The fraction of sp³-hybridized carbons (Fsp3) is 0.632. The Balaban J connectivity index is 1.68. The highest BCUT2D eigenvalue weighted by Crippen LogP contribution is 2.78. The highest BCUT2D eigenvalue weighted by molar-refractivity contribution is 7.80. The lowest BCUT2D eigenvalue weighted by Crippen LogP contribution is -2.37. The third kappa shape index (κ3) is 1.80. The zero-order valence-electron chi connectivity index (χ0n) is 12.9. The summed E-state index contributed by atoms with van der Waals surface area (Å²) in [5.41, 5.74) is 8.28. The number of rotatable bonds is 6. The summed E-state index contributed by atoms with van der Waals surface area (Å²) in [6.45, 7) is 0. The van der Waals surface area contributed by atoms with E-state index in [0.29, 0.717) is 11.3 Å². The molecule has 0 radical (unpaired) electrons. The fourth-order valence-corrected chi connectivity index (χ4v) is 6.80. The largest absolute Gasteiger partial charge is 0.393 e. The first-order valence-corrected chi connectivity index (χ1v) is 9.50. The van der Waals surface area contributed by atoms with Crippen LogP contribution in [0.2, 0.25) is 0 Å². The zero-order chi connectivity index (χ0) is 15.4. The molecule has 4 aliphatic rings. The first kappa shape index (κ1) is 15.0. The summed E-state index contributed by atoms with van der Waals surface area (Å²) in [6, 6.07) is 11.1. The number of unbranched alkanes of at least 4 members (excludes halogenated alkanes) is 1. The van der Waals surface area contributed by atoms with Crippen LogP contribution in [0.4, 0.5) is 0 Å². The first-order valence-electron chi connectivity index (χ1n) is 8.55. The van der Waals surface area contributed by atoms with Gasteiger partial charge in [-0.3, -0.25) is 0 Å². The number of thiocarbonyl (C=S) groups is 1. The van der Waals surface area contributed by atoms with Gasteiger partial charge in [-0.1, -0.05) is 49.0 Å². The lowest BCUT2D eigenvalue weighted by Gasteiger charge is -2.34. The fourth-order valence-electron chi connectivity index (χ4n) is 6.30. The van der Waals surface area contributed by atoms with E-state index in [1.54, 1.807) is 0 Å². The molecule has 118 valence electrons. The van der Waals surface area contributed by atoms with Gasteiger partial charge in [0.05, 0.1) is 4.99 Å². The van der Waals surface area contributed by atoms with Crippen LogP contribution in [0.15, 0.2) is 30.3 Å². The van der Waals surface area contributed by atoms with Gasteiger partial charge in [0.2, 0.25) is 0 Å². The maximum atomic E-state index is 6.25. The van der Waals surface area contributed by atoms with Crippen LogP contribution >= 0.6 is 23.8 Å². The molecule has 1 aromatic carbocycles. The van der Waals surface area contributed by atoms with Crippen molar-refractivity contribution < 1.29 is 0 Å². The van der Waals surface area contributed by atoms with E-state index in [1.807, 2.05) is 0 Å². The van der Waals surface area contributed by atoms with E-state index >= 15 is 0 Å². The summed E-state index contributed by atoms with van der Waals surface area (Å²) < 4.78 is 0. The molecule has 0 saturated heterocycles. The minimum atomic E-state index is 0.154. The second-order valence-electron chi connectivity index (χ2n) is 7.69. The van der Waals surface area contributed by atoms with Crippen molar-refractivity contribution in [2.45, 2.75) is 43.9 Å². The molecule has 0 aromatic heterocycles. The van der Waals surface area contributed by atoms with Crippen molar-refractivity contribution in [3.8, 4) is 0 Å². The molecule has 22 heavy (non-hydrogen) atoms. The van der Waals surface area contributed by atoms with Crippen molar-refractivity contribution in [2.75, 3.05) is 5.88 Å². The molecule has 2 N–H and O–H groups in total. The summed E-state index contributed by atoms with van der Waals surface area (Å²) in [7, 11) is 0. The van der Waals surface area contributed by atoms with Gasteiger partial charge in [0, 0.05) is 11.3 Å². The van der Waals surface area contributed by atoms with Crippen molar-refractivity contribution in [3.63, 3.8) is 0 Å². The average molecular weight is 334 g/mol. The van der Waals surface area contributed by atoms with E-state index in [0.717, 1.165) is 29.1 Å². The number of hydrogen-bond donors (Lipinski definition) is 1. The smallest absolute Gasteiger partial charge is 0.0793 e. The average Bonchev–Trinajstić information content (AvgIpc) is 3.21. The Morgan fingerprint density at radius 2 is 1.95 bits per heavy atom. The Hall–Kier alpha value is -0.600. The topological polar surface area (TPSA) is 26.0 Å². The van der Waals surface area contributed by atoms with Crippen LogP contribution in [0.25, 0.3) is 0 Å². The van der Waals surface area contributed by atoms with Gasteiger partial charge in [0.15, 0.2) is 0 Å². The monoisotopic (exact) mass is 333 g/mol. The van der Waals surface area contributed by atoms with Gasteiger partial charge in [0.1, 0.15) is 0 Å². The molecule has 0 spiro atoms. The molecule has 5 unspecified atom stereocenters. The van der Waals surface area contributed by atoms with Gasteiger partial charge < -0.3 is 5.73 Å². The van der Waals surface area contributed by atoms with Gasteiger partial charge >= 0.3 is 0 Å². The van der Waals surface area contributed by atoms with Crippen LogP contribution in [-0.2, 0) is 5.41 Å². The van der Waals surface area contributed by atoms with E-state index < -0.39 is 0 Å². The Morgan fingerprint density at radius 1 is 1.18 bits per heavy atom. The Morgan fingerprint density at radius 3 is 2.59 bits per heavy atom. The van der Waals surface area contributed by atoms with E-state index in [2.05, 4.69) is 30.3 Å². The molecule has 1 nitrogen and oxygen atoms in total. The standard InChI is InChI=1S/C19H24ClNS/c20-9-5-4-8-14-15-11-19(17(21)22)12-18(15,10-16(14)19)13-6-2-1-3-7-13/h1-3,6-7,14-16H,4-5,8-12H2,(H2,21,22). The molecule has 3 heteroatoms. The van der Waals surface area contributed by atoms with E-state index in [4.69, 9.17) is 29.6 Å². The van der Waals surface area contributed by atoms with Gasteiger partial charge in [-0.2, -0.15) is 0 Å². The molecule has 5 atom stereocenters. The van der Waals surface area contributed by atoms with Crippen LogP contribution in [0, 0.1) is 23.2 Å². The molecular weight excluding hydrogens is 310 g/mol. The number of alkyl halides is 1. The highest BCUT2D eigenvalue weighted by atomic mass is 35.5. The van der Waals surface area contributed by atoms with Gasteiger partial charge in [-0.15, -0.1) is 11.6 Å². The minimum absolute atomic E-state index is 0.154. The van der Waals surface area contributed by atoms with Crippen molar-refractivity contribution in [2.24, 2.45) is 28.9 Å². The minimum Gasteiger partial charge on any atom is -0.393 e. The first-order chi connectivity index (χ1) is 10.6. The molecule has 4 aliphatic carbocycles. The van der Waals surface area contributed by atoms with Crippen LogP contribution in [0.5, 0.6) is 0 Å². The Kier molecular flexibility index (Phi) is 3.54. The summed E-state index contributed by atoms with van der Waals surface area (Å²) in [5.74, 6) is 3.08. The highest BCUT2D eigenvalue weighted by Gasteiger charge is 2.75. The predicted octanol–water partition coefficient (Wildman–Crippen LogP) is 4.67. The number of halogens is 1. The summed E-state index contributed by atoms with van der Waals surface area (Å²) >= 11 is 11.4. The zero-order valence-corrected chi connectivity index (χ0v) is 14.5. The maximum absolute atomic E-state index is 6.25. The Labute approximate surface area is 143 Å². The quantitative estimate of drug-likeness (QED) is 0.465. The Bertz CT molecular complexity index is 588. The van der Waals surface area contributed by atoms with Gasteiger partial charge in [-0.05, 0) is 60.8 Å². The summed E-state index contributed by atoms with van der Waals surface area (Å²) in [4.78, 5) is 0.789. The lowest BCUT2D eigenvalue weighted by atomic mass is 9.70. The molecule has 0 amide bonds. The van der Waals surface area contributed by atoms with Crippen molar-refractivity contribution >= 4 is 28.8 Å². The van der Waals surface area contributed by atoms with Crippen molar-refractivity contribution in [1.82, 2.24) is 0 Å². The number of nitrogens with two attached hydrogens (primary N) is 1. The SMILES string of the molecule is NC(=S)C12CC3C(CCCCCl)C1CC3(c1ccccc1)C2. The summed E-state index contributed by atoms with van der Waals surface area (Å²) in [5, 5.41) is 0. The third-order valence-electron chi connectivity index (χ3n) is 7.01. The van der Waals surface area contributed by atoms with E-state index in [1.165, 1.54) is 37.7 Å². The molecule has 4 saturated carbocycles. The van der Waals surface area contributed by atoms with Crippen molar-refractivity contribution in [1.29, 1.82) is 0 Å². The number of hydrogen-bond acceptors (Lipinski definition) is 1. The van der Waals surface area contributed by atoms with Crippen LogP contribution in [0.1, 0.15) is 44.1 Å². The second-order valence-corrected chi connectivity index (χ2v) is 8.51. The van der Waals surface area contributed by atoms with Gasteiger partial charge in [0.25, 0.3) is 0 Å². The molecule has 5 rings (SSSR count). The number of benzene rings is 1. The van der Waals surface area contributed by atoms with Gasteiger partial charge in [-0.25, -0.2) is 0 Å². The summed E-state index contributed by atoms with van der Waals surface area (Å²) in [6.07, 6.45) is 7.41. The van der Waals surface area contributed by atoms with Crippen LogP contribution in [0.3, 0.4) is 0 Å². The second kappa shape index (κ2) is 5.21. The van der Waals surface area contributed by atoms with Crippen LogP contribution < -0.4 is 5.73 Å². The molecule has 1 aromatic rings. The molecule has 0 heterocycles. The molecule has 4 fully saturated rings. The maximum Gasteiger partial charge on any atom is 0.0793 e. The van der Waals surface area contributed by atoms with E-state index in [-0.39, 0.29) is 5.41 Å². The molecular formula is C19H24ClNS. The van der Waals surface area contributed by atoms with Crippen molar-refractivity contribution in [3.05, 3.63) is 35.9 Å². The predicted molar refractivity (Wildman–Crippen MR) is 96.2 cm³/mol. The lowest BCUT2D eigenvalue weighted by molar-refractivity contribution is 0.245. The normalized spacial score (nSPS) is 41.4.